The van der Waals surface area contributed by atoms with Crippen LogP contribution in [-0.4, -0.2) is 54.6 Å². The lowest BCUT2D eigenvalue weighted by atomic mass is 9.43. The van der Waals surface area contributed by atoms with Crippen molar-refractivity contribution in [2.24, 2.45) is 46.3 Å². The van der Waals surface area contributed by atoms with E-state index in [0.29, 0.717) is 43.0 Å². The molecule has 4 aliphatic carbocycles. The SMILES string of the molecule is C[C@H](CCC(=O)OCC(F)(F)S(=O)(=O)O)[C@H]1CC[C@H]2[C@@H]3C[C@H](O)C4C[C@H](OC=O)CC[C@]4(C)[C@H]3CC[C@]12C. The number of aliphatic hydroxyl groups excluding tert-OH is 1. The van der Waals surface area contributed by atoms with Crippen molar-refractivity contribution in [3.8, 4) is 0 Å². The molecule has 1 unspecified atom stereocenters. The van der Waals surface area contributed by atoms with E-state index >= 15 is 0 Å². The minimum absolute atomic E-state index is 0.0178. The predicted molar refractivity (Wildman–Crippen MR) is 133 cm³/mol. The average molecular weight is 565 g/mol. The first-order valence-electron chi connectivity index (χ1n) is 13.9. The summed E-state index contributed by atoms with van der Waals surface area (Å²) in [6.07, 6.45) is 7.25. The van der Waals surface area contributed by atoms with Crippen molar-refractivity contribution >= 4 is 22.6 Å². The second kappa shape index (κ2) is 10.6. The number of esters is 1. The summed E-state index contributed by atoms with van der Waals surface area (Å²) in [4.78, 5) is 23.0. The zero-order valence-electron chi connectivity index (χ0n) is 22.5. The molecule has 0 amide bonds. The van der Waals surface area contributed by atoms with E-state index in [-0.39, 0.29) is 35.2 Å². The first-order chi connectivity index (χ1) is 17.6. The van der Waals surface area contributed by atoms with E-state index < -0.39 is 34.1 Å². The van der Waals surface area contributed by atoms with E-state index in [4.69, 9.17) is 9.29 Å². The van der Waals surface area contributed by atoms with Gasteiger partial charge < -0.3 is 14.6 Å². The number of alkyl halides is 2. The standard InChI is InChI=1S/C27H42F2O8S/c1-16(4-7-24(32)36-14-27(28,29)38(33,34)35)19-5-6-20-18-13-23(31)22-12-17(37-15-30)8-10-26(22,3)21(18)9-11-25(19,20)2/h15-23,31H,4-14H2,1-3H3,(H,33,34,35)/t16-,17-,18+,19-,20+,21+,22?,23+,25-,26-/m1/s1. The van der Waals surface area contributed by atoms with Gasteiger partial charge in [0.1, 0.15) is 6.10 Å². The number of hydrogen-bond acceptors (Lipinski definition) is 7. The molecule has 218 valence electrons. The summed E-state index contributed by atoms with van der Waals surface area (Å²) in [6, 6.07) is 0. The number of aliphatic hydroxyl groups is 1. The van der Waals surface area contributed by atoms with Crippen LogP contribution in [0.1, 0.15) is 85.0 Å². The quantitative estimate of drug-likeness (QED) is 0.236. The Morgan fingerprint density at radius 2 is 1.74 bits per heavy atom. The highest BCUT2D eigenvalue weighted by Gasteiger charge is 2.62. The molecule has 0 aromatic rings. The molecular formula is C27H42F2O8S. The van der Waals surface area contributed by atoms with Gasteiger partial charge >= 0.3 is 21.3 Å². The zero-order valence-corrected chi connectivity index (χ0v) is 23.3. The number of halogens is 2. The number of rotatable bonds is 9. The van der Waals surface area contributed by atoms with Crippen LogP contribution in [0.25, 0.3) is 0 Å². The molecule has 0 aliphatic heterocycles. The molecule has 0 bridgehead atoms. The first-order valence-corrected chi connectivity index (χ1v) is 15.4. The van der Waals surface area contributed by atoms with Gasteiger partial charge in [0.05, 0.1) is 6.10 Å². The van der Waals surface area contributed by atoms with Crippen LogP contribution in [0.4, 0.5) is 8.78 Å². The molecule has 38 heavy (non-hydrogen) atoms. The molecule has 0 aromatic heterocycles. The van der Waals surface area contributed by atoms with Gasteiger partial charge in [-0.3, -0.25) is 14.1 Å². The fraction of sp³-hybridized carbons (Fsp3) is 0.926. The summed E-state index contributed by atoms with van der Waals surface area (Å²) in [5.41, 5.74) is 0.0766. The molecule has 8 nitrogen and oxygen atoms in total. The minimum atomic E-state index is -5.64. The van der Waals surface area contributed by atoms with Gasteiger partial charge in [0, 0.05) is 6.42 Å². The molecule has 4 rings (SSSR count). The molecule has 4 aliphatic rings. The molecule has 4 fully saturated rings. The van der Waals surface area contributed by atoms with Crippen LogP contribution in [0.3, 0.4) is 0 Å². The molecule has 0 aromatic carbocycles. The first kappa shape index (κ1) is 29.6. The van der Waals surface area contributed by atoms with Crippen LogP contribution < -0.4 is 0 Å². The Kier molecular flexibility index (Phi) is 8.25. The summed E-state index contributed by atoms with van der Waals surface area (Å²) in [5, 5.41) is 6.75. The normalized spacial score (nSPS) is 41.8. The summed E-state index contributed by atoms with van der Waals surface area (Å²) in [7, 11) is -5.64. The van der Waals surface area contributed by atoms with E-state index in [0.717, 1.165) is 44.9 Å². The van der Waals surface area contributed by atoms with E-state index in [2.05, 4.69) is 25.5 Å². The smallest absolute Gasteiger partial charge is 0.402 e. The summed E-state index contributed by atoms with van der Waals surface area (Å²) in [5.74, 6) is 1.10. The Morgan fingerprint density at radius 1 is 1.08 bits per heavy atom. The Labute approximate surface area is 224 Å². The van der Waals surface area contributed by atoms with Crippen LogP contribution >= 0.6 is 0 Å². The van der Waals surface area contributed by atoms with Crippen LogP contribution in [0.5, 0.6) is 0 Å². The van der Waals surface area contributed by atoms with Gasteiger partial charge in [-0.25, -0.2) is 0 Å². The van der Waals surface area contributed by atoms with Crippen LogP contribution in [0.2, 0.25) is 0 Å². The van der Waals surface area contributed by atoms with Crippen LogP contribution in [-0.2, 0) is 29.2 Å². The Hall–Kier alpha value is -1.33. The third-order valence-electron chi connectivity index (χ3n) is 11.2. The van der Waals surface area contributed by atoms with Crippen molar-refractivity contribution in [1.82, 2.24) is 0 Å². The van der Waals surface area contributed by atoms with Gasteiger partial charge in [0.2, 0.25) is 0 Å². The Bertz CT molecular complexity index is 1010. The predicted octanol–water partition coefficient (Wildman–Crippen LogP) is 4.60. The highest BCUT2D eigenvalue weighted by atomic mass is 32.2. The van der Waals surface area contributed by atoms with Crippen molar-refractivity contribution in [3.05, 3.63) is 0 Å². The maximum Gasteiger partial charge on any atom is 0.402 e. The number of ether oxygens (including phenoxy) is 2. The van der Waals surface area contributed by atoms with Gasteiger partial charge in [0.15, 0.2) is 6.61 Å². The lowest BCUT2D eigenvalue weighted by Crippen LogP contribution is -2.58. The topological polar surface area (TPSA) is 127 Å². The van der Waals surface area contributed by atoms with Gasteiger partial charge in [-0.2, -0.15) is 17.2 Å². The fourth-order valence-electron chi connectivity index (χ4n) is 9.30. The van der Waals surface area contributed by atoms with E-state index in [1.807, 2.05) is 0 Å². The van der Waals surface area contributed by atoms with E-state index in [1.165, 1.54) is 0 Å². The molecule has 0 saturated heterocycles. The van der Waals surface area contributed by atoms with Crippen LogP contribution in [0.15, 0.2) is 0 Å². The number of hydrogen-bond donors (Lipinski definition) is 2. The number of carbonyl (C=O) groups excluding carboxylic acids is 2. The second-order valence-electron chi connectivity index (χ2n) is 12.9. The Balaban J connectivity index is 1.38. The van der Waals surface area contributed by atoms with Crippen molar-refractivity contribution in [1.29, 1.82) is 0 Å². The molecule has 0 heterocycles. The van der Waals surface area contributed by atoms with Crippen molar-refractivity contribution in [3.63, 3.8) is 0 Å². The molecule has 0 radical (unpaired) electrons. The zero-order chi connectivity index (χ0) is 28.1. The Morgan fingerprint density at radius 3 is 2.39 bits per heavy atom. The summed E-state index contributed by atoms with van der Waals surface area (Å²) < 4.78 is 66.5. The minimum Gasteiger partial charge on any atom is -0.465 e. The lowest BCUT2D eigenvalue weighted by Gasteiger charge is -2.62. The van der Waals surface area contributed by atoms with Gasteiger partial charge in [-0.1, -0.05) is 20.8 Å². The highest BCUT2D eigenvalue weighted by Crippen LogP contribution is 2.68. The van der Waals surface area contributed by atoms with Crippen LogP contribution in [0, 0.1) is 46.3 Å². The molecular weight excluding hydrogens is 522 g/mol. The maximum absolute atomic E-state index is 13.4. The summed E-state index contributed by atoms with van der Waals surface area (Å²) in [6.45, 7) is 5.55. The monoisotopic (exact) mass is 564 g/mol. The molecule has 2 N–H and O–H groups in total. The number of fused-ring (bicyclic) bond motifs is 5. The number of carbonyl (C=O) groups is 2. The molecule has 10 atom stereocenters. The molecule has 11 heteroatoms. The lowest BCUT2D eigenvalue weighted by molar-refractivity contribution is -0.178. The fourth-order valence-corrected chi connectivity index (χ4v) is 9.51. The summed E-state index contributed by atoms with van der Waals surface area (Å²) >= 11 is 0. The van der Waals surface area contributed by atoms with Gasteiger partial charge in [0.25, 0.3) is 6.47 Å². The maximum atomic E-state index is 13.4. The highest BCUT2D eigenvalue weighted by molar-refractivity contribution is 7.86. The van der Waals surface area contributed by atoms with Crippen molar-refractivity contribution in [2.75, 3.05) is 6.61 Å². The largest absolute Gasteiger partial charge is 0.465 e. The average Bonchev–Trinajstić information content (AvgIpc) is 3.19. The third-order valence-corrected chi connectivity index (χ3v) is 12.1. The van der Waals surface area contributed by atoms with E-state index in [1.54, 1.807) is 0 Å². The van der Waals surface area contributed by atoms with Gasteiger partial charge in [-0.05, 0) is 104 Å². The molecule has 4 saturated carbocycles. The second-order valence-corrected chi connectivity index (χ2v) is 14.5. The van der Waals surface area contributed by atoms with Gasteiger partial charge in [-0.15, -0.1) is 0 Å². The van der Waals surface area contributed by atoms with E-state index in [9.17, 15) is 31.9 Å². The molecule has 0 spiro atoms. The third kappa shape index (κ3) is 5.23. The van der Waals surface area contributed by atoms with Crippen molar-refractivity contribution < 1.29 is 45.9 Å². The van der Waals surface area contributed by atoms with Crippen molar-refractivity contribution in [2.45, 2.75) is 102 Å².